The average molecular weight is 1460 g/mol. The lowest BCUT2D eigenvalue weighted by Crippen LogP contribution is -2.47. The normalized spacial score (nSPS) is 14.7. The molecule has 1 aliphatic carbocycles. The number of nitrogens with zero attached hydrogens (tertiary/aromatic N) is 3. The maximum Gasteiger partial charge on any atom is 0.161 e. The van der Waals surface area contributed by atoms with Crippen LogP contribution in [0.4, 0.5) is 10.1 Å². The summed E-state index contributed by atoms with van der Waals surface area (Å²) in [7, 11) is 3.30. The molecule has 10 rings (SSSR count). The first-order valence-corrected chi connectivity index (χ1v) is 38.6. The average Bonchev–Trinajstić information content (AvgIpc) is 1.64. The Bertz CT molecular complexity index is 3430. The summed E-state index contributed by atoms with van der Waals surface area (Å²) in [6.45, 7) is 72.3. The molecule has 578 valence electrons. The molecule has 7 aromatic rings. The van der Waals surface area contributed by atoms with E-state index in [0.29, 0.717) is 44.2 Å². The fourth-order valence-corrected chi connectivity index (χ4v) is 12.6. The van der Waals surface area contributed by atoms with E-state index in [1.807, 2.05) is 36.7 Å². The Morgan fingerprint density at radius 3 is 1.22 bits per heavy atom. The van der Waals surface area contributed by atoms with Gasteiger partial charge in [-0.15, -0.1) is 0 Å². The number of nitrogen functional groups attached to an aromatic ring is 1. The van der Waals surface area contributed by atoms with E-state index in [0.717, 1.165) is 74.1 Å². The van der Waals surface area contributed by atoms with Crippen LogP contribution in [0.25, 0.3) is 10.9 Å². The summed E-state index contributed by atoms with van der Waals surface area (Å²) in [5.41, 5.74) is 20.7. The highest BCUT2D eigenvalue weighted by atomic mass is 35.5. The third kappa shape index (κ3) is 34.3. The number of para-hydroxylation sites is 1. The monoisotopic (exact) mass is 1460 g/mol. The zero-order valence-electron chi connectivity index (χ0n) is 70.7. The van der Waals surface area contributed by atoms with E-state index >= 15 is 0 Å². The second kappa shape index (κ2) is 41.6. The summed E-state index contributed by atoms with van der Waals surface area (Å²) < 4.78 is 33.4. The summed E-state index contributed by atoms with van der Waals surface area (Å²) in [5, 5.41) is 2.62. The van der Waals surface area contributed by atoms with Gasteiger partial charge in [-0.1, -0.05) is 259 Å². The number of fused-ring (bicyclic) bond motifs is 1. The highest BCUT2D eigenvalue weighted by Crippen LogP contribution is 2.45. The number of morpholine rings is 1. The van der Waals surface area contributed by atoms with Gasteiger partial charge in [-0.2, -0.15) is 0 Å². The van der Waals surface area contributed by atoms with Crippen LogP contribution in [-0.4, -0.2) is 79.1 Å². The summed E-state index contributed by atoms with van der Waals surface area (Å²) in [4.78, 5) is 13.6. The van der Waals surface area contributed by atoms with Crippen LogP contribution in [0, 0.1) is 28.5 Å². The number of anilines is 1. The number of pyridine rings is 2. The van der Waals surface area contributed by atoms with Crippen LogP contribution >= 0.6 is 23.2 Å². The molecule has 0 amide bonds. The van der Waals surface area contributed by atoms with Gasteiger partial charge in [0.1, 0.15) is 5.82 Å². The van der Waals surface area contributed by atoms with Gasteiger partial charge >= 0.3 is 0 Å². The number of nitrogens with two attached hydrogens (primary N) is 1. The van der Waals surface area contributed by atoms with E-state index in [4.69, 9.17) is 47.9 Å². The standard InChI is InChI=1S/C16H27N.C12H18O2.C11H13N.C10H13F.C9H11Cl2N.C9H13N.C9H18O.C8H17NO.C7H14/c1-10(2)13-8-12(16(5,6)7)9-14(11(3)4)15(13)17;1-12(2,3)9-6-7-10(13-4)11(8-9)14-5;1-8(2)10-7-12-11-6-4-3-5-9(10)11;1-10(2,3)8-4-6-9(11)7-5-8;1-9(2,3)8-6(10)4-12-5-7(8)11;2*1-9(2,3)8-4-6-10-7-5-8;1-8(2,3)9-4-6-10-7-5-9;1-7(2,3)6-4-5-6/h8-11H,17H2,1-7H3;6-8H,1-5H3;3-8,12H,1-2H3;4-7H,1-3H3;4-5H,1-3H3;4-7H,1-3H3;8H,4-7H2,1-3H3;4-7H2,1-3H3;6H,4-5H2,1-3H3. The number of hydrogen-bond acceptors (Lipinski definition) is 8. The van der Waals surface area contributed by atoms with Crippen molar-refractivity contribution in [2.45, 2.75) is 284 Å². The smallest absolute Gasteiger partial charge is 0.161 e. The number of hydrogen-bond donors (Lipinski definition) is 2. The van der Waals surface area contributed by atoms with Gasteiger partial charge in [0.25, 0.3) is 0 Å². The van der Waals surface area contributed by atoms with Gasteiger partial charge in [-0.05, 0) is 201 Å². The van der Waals surface area contributed by atoms with E-state index in [9.17, 15) is 4.39 Å². The Morgan fingerprint density at radius 2 is 0.883 bits per heavy atom. The Labute approximate surface area is 638 Å². The molecular formula is C91H144Cl2FN5O4. The summed E-state index contributed by atoms with van der Waals surface area (Å²) in [6.07, 6.45) is 14.5. The lowest BCUT2D eigenvalue weighted by Gasteiger charge is -2.38. The molecular weight excluding hydrogens is 1320 g/mol. The molecule has 1 saturated carbocycles. The molecule has 3 aromatic heterocycles. The Hall–Kier alpha value is -5.49. The lowest BCUT2D eigenvalue weighted by atomic mass is 9.76. The van der Waals surface area contributed by atoms with Crippen molar-refractivity contribution in [2.75, 3.05) is 59.5 Å². The molecule has 0 atom stereocenters. The number of aromatic amines is 1. The van der Waals surface area contributed by atoms with Crippen LogP contribution in [0.2, 0.25) is 10.0 Å². The number of nitrogens with one attached hydrogen (secondary N) is 1. The first-order valence-electron chi connectivity index (χ1n) is 37.9. The second-order valence-corrected chi connectivity index (χ2v) is 37.8. The molecule has 9 nitrogen and oxygen atoms in total. The molecule has 3 aliphatic rings. The largest absolute Gasteiger partial charge is 0.493 e. The van der Waals surface area contributed by atoms with Crippen molar-refractivity contribution >= 4 is 39.8 Å². The minimum atomic E-state index is -0.169. The molecule has 103 heavy (non-hydrogen) atoms. The van der Waals surface area contributed by atoms with E-state index in [1.165, 1.54) is 87.7 Å². The number of benzene rings is 4. The van der Waals surface area contributed by atoms with Crippen LogP contribution in [0.15, 0.2) is 122 Å². The zero-order chi connectivity index (χ0) is 78.9. The SMILES string of the molecule is CC(C)(C)C1CC1.CC(C)(C)C1CCOCC1.CC(C)(C)N1CCOCC1.CC(C)(C)c1c(Cl)cncc1Cl.CC(C)(C)c1ccc(F)cc1.CC(C)(C)c1ccncc1.CC(C)c1c[nH]c2ccccc12.CC(C)c1cc(C(C)(C)C)cc(C(C)C)c1N.COc1ccc(C(C)(C)C)cc1OC. The molecule has 5 heterocycles. The third-order valence-corrected chi connectivity index (χ3v) is 19.5. The number of rotatable bonds is 5. The summed E-state index contributed by atoms with van der Waals surface area (Å²) in [6, 6.07) is 29.8. The van der Waals surface area contributed by atoms with E-state index in [2.05, 4.69) is 288 Å². The first-order chi connectivity index (χ1) is 47.3. The van der Waals surface area contributed by atoms with Gasteiger partial charge in [0.15, 0.2) is 11.5 Å². The minimum absolute atomic E-state index is 0.0306. The van der Waals surface area contributed by atoms with E-state index in [-0.39, 0.29) is 32.9 Å². The van der Waals surface area contributed by atoms with Crippen LogP contribution in [0.3, 0.4) is 0 Å². The van der Waals surface area contributed by atoms with E-state index < -0.39 is 0 Å². The quantitative estimate of drug-likeness (QED) is 0.164. The van der Waals surface area contributed by atoms with Crippen molar-refractivity contribution in [1.29, 1.82) is 0 Å². The number of halogens is 3. The maximum atomic E-state index is 12.5. The van der Waals surface area contributed by atoms with Crippen molar-refractivity contribution in [2.24, 2.45) is 22.7 Å². The molecule has 0 radical (unpaired) electrons. The molecule has 0 bridgehead atoms. The van der Waals surface area contributed by atoms with Gasteiger partial charge in [0.2, 0.25) is 0 Å². The number of H-pyrrole nitrogens is 1. The molecule has 3 N–H and O–H groups in total. The summed E-state index contributed by atoms with van der Waals surface area (Å²) in [5.74, 6) is 4.89. The van der Waals surface area contributed by atoms with Gasteiger partial charge in [0.05, 0.1) is 37.5 Å². The van der Waals surface area contributed by atoms with Gasteiger partial charge in [0, 0.05) is 79.4 Å². The molecule has 2 aliphatic heterocycles. The lowest BCUT2D eigenvalue weighted by molar-refractivity contribution is -0.00389. The van der Waals surface area contributed by atoms with Gasteiger partial charge in [-0.25, -0.2) is 4.39 Å². The molecule has 12 heteroatoms. The molecule has 3 fully saturated rings. The predicted molar refractivity (Wildman–Crippen MR) is 447 cm³/mol. The van der Waals surface area contributed by atoms with Crippen LogP contribution in [0.1, 0.15) is 296 Å². The maximum absolute atomic E-state index is 12.5. The molecule has 0 unspecified atom stereocenters. The Balaban J connectivity index is 0.000000397. The van der Waals surface area contributed by atoms with Crippen LogP contribution < -0.4 is 15.2 Å². The summed E-state index contributed by atoms with van der Waals surface area (Å²) >= 11 is 11.9. The molecule has 2 saturated heterocycles. The molecule has 0 spiro atoms. The second-order valence-electron chi connectivity index (χ2n) is 37.0. The fraction of sp³-hybridized carbons (Fsp3) is 0.604. The highest BCUT2D eigenvalue weighted by Gasteiger charge is 2.33. The zero-order valence-corrected chi connectivity index (χ0v) is 72.2. The van der Waals surface area contributed by atoms with Crippen LogP contribution in [0.5, 0.6) is 11.5 Å². The Kier molecular flexibility index (Phi) is 37.8. The van der Waals surface area contributed by atoms with Crippen molar-refractivity contribution in [3.05, 3.63) is 182 Å². The predicted octanol–water partition coefficient (Wildman–Crippen LogP) is 26.3. The van der Waals surface area contributed by atoms with E-state index in [1.54, 1.807) is 26.6 Å². The van der Waals surface area contributed by atoms with Crippen molar-refractivity contribution in [1.82, 2.24) is 19.9 Å². The van der Waals surface area contributed by atoms with Gasteiger partial charge < -0.3 is 29.7 Å². The first kappa shape index (κ1) is 93.6. The topological polar surface area (TPSA) is 108 Å². The van der Waals surface area contributed by atoms with Crippen LogP contribution in [-0.2, 0) is 36.5 Å². The molecule has 4 aromatic carbocycles. The van der Waals surface area contributed by atoms with Crippen molar-refractivity contribution in [3.63, 3.8) is 0 Å². The fourth-order valence-electron chi connectivity index (χ4n) is 11.6. The van der Waals surface area contributed by atoms with Gasteiger partial charge in [-0.3, -0.25) is 14.9 Å². The van der Waals surface area contributed by atoms with Crippen molar-refractivity contribution in [3.8, 4) is 11.5 Å². The number of aromatic nitrogens is 3. The third-order valence-electron chi connectivity index (χ3n) is 18.9. The minimum Gasteiger partial charge on any atom is -0.493 e. The van der Waals surface area contributed by atoms with Crippen molar-refractivity contribution < 1.29 is 23.3 Å². The number of ether oxygens (including phenoxy) is 4. The highest BCUT2D eigenvalue weighted by molar-refractivity contribution is 6.36. The Morgan fingerprint density at radius 1 is 0.476 bits per heavy atom. The number of methoxy groups -OCH3 is 2.